The molecule has 2 N–H and O–H groups in total. The second-order valence-electron chi connectivity index (χ2n) is 5.31. The monoisotopic (exact) mass is 277 g/mol. The van der Waals surface area contributed by atoms with Gasteiger partial charge in [0.2, 0.25) is 0 Å². The van der Waals surface area contributed by atoms with Gasteiger partial charge in [-0.15, -0.1) is 0 Å². The van der Waals surface area contributed by atoms with Gasteiger partial charge in [0.25, 0.3) is 0 Å². The van der Waals surface area contributed by atoms with Crippen LogP contribution in [0.5, 0.6) is 5.75 Å². The van der Waals surface area contributed by atoms with E-state index in [4.69, 9.17) is 4.74 Å². The maximum absolute atomic E-state index is 11.7. The Bertz CT molecular complexity index is 439. The second kappa shape index (κ2) is 7.29. The van der Waals surface area contributed by atoms with Crippen LogP contribution < -0.4 is 5.32 Å². The number of benzene rings is 1. The molecule has 4 nitrogen and oxygen atoms in total. The first-order valence-electron chi connectivity index (χ1n) is 7.37. The van der Waals surface area contributed by atoms with Crippen molar-refractivity contribution in [2.24, 2.45) is 5.92 Å². The normalized spacial score (nSPS) is 22.4. The smallest absolute Gasteiger partial charge is 0.308 e. The topological polar surface area (TPSA) is 58.6 Å². The molecular formula is C16H23NO3. The van der Waals surface area contributed by atoms with Crippen molar-refractivity contribution in [1.82, 2.24) is 5.32 Å². The van der Waals surface area contributed by atoms with E-state index in [2.05, 4.69) is 5.32 Å². The van der Waals surface area contributed by atoms with Crippen LogP contribution in [0, 0.1) is 5.92 Å². The van der Waals surface area contributed by atoms with Crippen molar-refractivity contribution in [1.29, 1.82) is 0 Å². The molecule has 2 rings (SSSR count). The van der Waals surface area contributed by atoms with Crippen LogP contribution in [0.2, 0.25) is 0 Å². The number of hydrogen-bond acceptors (Lipinski definition) is 4. The largest absolute Gasteiger partial charge is 0.508 e. The van der Waals surface area contributed by atoms with Crippen LogP contribution in [0.15, 0.2) is 24.3 Å². The lowest BCUT2D eigenvalue weighted by Gasteiger charge is -2.28. The van der Waals surface area contributed by atoms with Gasteiger partial charge in [0.1, 0.15) is 5.75 Å². The molecule has 1 aliphatic carbocycles. The molecule has 1 aliphatic rings. The van der Waals surface area contributed by atoms with E-state index in [-0.39, 0.29) is 11.9 Å². The predicted octanol–water partition coefficient (Wildman–Crippen LogP) is 2.60. The number of carbonyl (C=O) groups excluding carboxylic acids is 1. The van der Waals surface area contributed by atoms with E-state index in [1.54, 1.807) is 6.07 Å². The highest BCUT2D eigenvalue weighted by atomic mass is 16.5. The quantitative estimate of drug-likeness (QED) is 0.812. The van der Waals surface area contributed by atoms with Crippen molar-refractivity contribution < 1.29 is 14.6 Å². The summed E-state index contributed by atoms with van der Waals surface area (Å²) in [6.07, 6.45) is 3.74. The zero-order valence-corrected chi connectivity index (χ0v) is 12.0. The summed E-state index contributed by atoms with van der Waals surface area (Å²) in [6, 6.07) is 7.79. The zero-order valence-electron chi connectivity index (χ0n) is 12.0. The fourth-order valence-corrected chi connectivity index (χ4v) is 2.71. The fraction of sp³-hybridized carbons (Fsp3) is 0.562. The number of aromatic hydroxyl groups is 1. The Hall–Kier alpha value is -1.55. The molecule has 1 fully saturated rings. The van der Waals surface area contributed by atoms with E-state index in [1.807, 2.05) is 25.1 Å². The first-order valence-corrected chi connectivity index (χ1v) is 7.37. The molecular weight excluding hydrogens is 254 g/mol. The SMILES string of the molecule is CCOC(=O)C1CCC(NCc2ccccc2O)CC1. The molecule has 0 spiro atoms. The molecule has 0 unspecified atom stereocenters. The van der Waals surface area contributed by atoms with E-state index < -0.39 is 0 Å². The Labute approximate surface area is 120 Å². The van der Waals surface area contributed by atoms with Crippen molar-refractivity contribution in [2.45, 2.75) is 45.2 Å². The third-order valence-electron chi connectivity index (χ3n) is 3.92. The van der Waals surface area contributed by atoms with Crippen LogP contribution in [-0.4, -0.2) is 23.7 Å². The van der Waals surface area contributed by atoms with Gasteiger partial charge in [-0.3, -0.25) is 4.79 Å². The van der Waals surface area contributed by atoms with Gasteiger partial charge < -0.3 is 15.2 Å². The number of ether oxygens (including phenoxy) is 1. The molecule has 0 bridgehead atoms. The molecule has 0 aromatic heterocycles. The summed E-state index contributed by atoms with van der Waals surface area (Å²) in [6.45, 7) is 2.98. The zero-order chi connectivity index (χ0) is 14.4. The van der Waals surface area contributed by atoms with Gasteiger partial charge in [-0.2, -0.15) is 0 Å². The molecule has 0 radical (unpaired) electrons. The number of phenolic OH excluding ortho intramolecular Hbond substituents is 1. The van der Waals surface area contributed by atoms with Gasteiger partial charge in [0.05, 0.1) is 12.5 Å². The standard InChI is InChI=1S/C16H23NO3/c1-2-20-16(19)12-7-9-14(10-8-12)17-11-13-5-3-4-6-15(13)18/h3-6,12,14,17-18H,2,7-11H2,1H3. The molecule has 1 aromatic rings. The van der Waals surface area contributed by atoms with Crippen LogP contribution in [-0.2, 0) is 16.1 Å². The summed E-state index contributed by atoms with van der Waals surface area (Å²) in [5.41, 5.74) is 0.917. The summed E-state index contributed by atoms with van der Waals surface area (Å²) >= 11 is 0. The molecule has 0 atom stereocenters. The minimum absolute atomic E-state index is 0.0494. The van der Waals surface area contributed by atoms with Gasteiger partial charge in [0.15, 0.2) is 0 Å². The summed E-state index contributed by atoms with van der Waals surface area (Å²) in [4.78, 5) is 11.7. The number of para-hydroxylation sites is 1. The van der Waals surface area contributed by atoms with E-state index in [9.17, 15) is 9.90 Å². The maximum Gasteiger partial charge on any atom is 0.308 e. The van der Waals surface area contributed by atoms with Gasteiger partial charge in [-0.05, 0) is 38.7 Å². The lowest BCUT2D eigenvalue weighted by molar-refractivity contribution is -0.149. The van der Waals surface area contributed by atoms with Crippen molar-refractivity contribution >= 4 is 5.97 Å². The number of phenols is 1. The van der Waals surface area contributed by atoms with Crippen molar-refractivity contribution in [2.75, 3.05) is 6.61 Å². The Morgan fingerprint density at radius 2 is 2.00 bits per heavy atom. The first-order chi connectivity index (χ1) is 9.70. The van der Waals surface area contributed by atoms with E-state index >= 15 is 0 Å². The maximum atomic E-state index is 11.7. The Morgan fingerprint density at radius 3 is 2.65 bits per heavy atom. The first kappa shape index (κ1) is 14.9. The van der Waals surface area contributed by atoms with Gasteiger partial charge in [-0.25, -0.2) is 0 Å². The number of esters is 1. The van der Waals surface area contributed by atoms with Gasteiger partial charge in [-0.1, -0.05) is 18.2 Å². The summed E-state index contributed by atoms with van der Waals surface area (Å²) < 4.78 is 5.07. The minimum atomic E-state index is -0.0494. The molecule has 0 aliphatic heterocycles. The Morgan fingerprint density at radius 1 is 1.30 bits per heavy atom. The Balaban J connectivity index is 1.75. The summed E-state index contributed by atoms with van der Waals surface area (Å²) in [5.74, 6) is 0.352. The molecule has 4 heteroatoms. The van der Waals surface area contributed by atoms with Crippen LogP contribution in [0.1, 0.15) is 38.2 Å². The molecule has 0 amide bonds. The van der Waals surface area contributed by atoms with Crippen LogP contribution >= 0.6 is 0 Å². The van der Waals surface area contributed by atoms with Gasteiger partial charge >= 0.3 is 5.97 Å². The van der Waals surface area contributed by atoms with E-state index in [0.717, 1.165) is 31.2 Å². The van der Waals surface area contributed by atoms with Crippen LogP contribution in [0.4, 0.5) is 0 Å². The predicted molar refractivity (Wildman–Crippen MR) is 77.3 cm³/mol. The highest BCUT2D eigenvalue weighted by Gasteiger charge is 2.26. The average Bonchev–Trinajstić information content (AvgIpc) is 2.47. The van der Waals surface area contributed by atoms with Crippen molar-refractivity contribution in [3.8, 4) is 5.75 Å². The second-order valence-corrected chi connectivity index (χ2v) is 5.31. The molecule has 0 heterocycles. The molecule has 1 aromatic carbocycles. The third-order valence-corrected chi connectivity index (χ3v) is 3.92. The average molecular weight is 277 g/mol. The fourth-order valence-electron chi connectivity index (χ4n) is 2.71. The number of nitrogens with one attached hydrogen (secondary N) is 1. The highest BCUT2D eigenvalue weighted by molar-refractivity contribution is 5.72. The lowest BCUT2D eigenvalue weighted by Crippen LogP contribution is -2.35. The van der Waals surface area contributed by atoms with Gasteiger partial charge in [0, 0.05) is 18.2 Å². The minimum Gasteiger partial charge on any atom is -0.508 e. The highest BCUT2D eigenvalue weighted by Crippen LogP contribution is 2.26. The molecule has 110 valence electrons. The lowest BCUT2D eigenvalue weighted by atomic mass is 9.86. The third kappa shape index (κ3) is 3.97. The summed E-state index contributed by atoms with van der Waals surface area (Å²) in [5, 5.41) is 13.2. The molecule has 1 saturated carbocycles. The van der Waals surface area contributed by atoms with E-state index in [1.165, 1.54) is 0 Å². The van der Waals surface area contributed by atoms with Crippen molar-refractivity contribution in [3.63, 3.8) is 0 Å². The number of rotatable bonds is 5. The van der Waals surface area contributed by atoms with E-state index in [0.29, 0.717) is 24.9 Å². The van der Waals surface area contributed by atoms with Crippen LogP contribution in [0.25, 0.3) is 0 Å². The summed E-state index contributed by atoms with van der Waals surface area (Å²) in [7, 11) is 0. The number of carbonyl (C=O) groups is 1. The van der Waals surface area contributed by atoms with Crippen molar-refractivity contribution in [3.05, 3.63) is 29.8 Å². The number of hydrogen-bond donors (Lipinski definition) is 2. The van der Waals surface area contributed by atoms with Crippen LogP contribution in [0.3, 0.4) is 0 Å². The molecule has 20 heavy (non-hydrogen) atoms. The molecule has 0 saturated heterocycles. The Kier molecular flexibility index (Phi) is 5.41.